The van der Waals surface area contributed by atoms with Crippen LogP contribution < -0.4 is 5.32 Å². The molecule has 0 aromatic heterocycles. The van der Waals surface area contributed by atoms with Gasteiger partial charge in [-0.2, -0.15) is 0 Å². The Kier molecular flexibility index (Phi) is 59.9. The molecule has 3 N–H and O–H groups in total. The zero-order chi connectivity index (χ0) is 51.4. The molecule has 0 aromatic rings. The minimum atomic E-state index is -0.660. The third-order valence-corrected chi connectivity index (χ3v) is 15.3. The van der Waals surface area contributed by atoms with E-state index < -0.39 is 12.1 Å². The molecule has 0 spiro atoms. The van der Waals surface area contributed by atoms with Gasteiger partial charge < -0.3 is 20.3 Å². The molecule has 0 aliphatic rings. The molecule has 0 aromatic carbocycles. The van der Waals surface area contributed by atoms with Crippen molar-refractivity contribution in [2.75, 3.05) is 13.2 Å². The molecule has 2 atom stereocenters. The average molecular weight is 1000 g/mol. The highest BCUT2D eigenvalue weighted by atomic mass is 16.5. The highest BCUT2D eigenvalue weighted by Gasteiger charge is 2.20. The molecule has 1 amide bonds. The predicted molar refractivity (Wildman–Crippen MR) is 310 cm³/mol. The van der Waals surface area contributed by atoms with Crippen LogP contribution in [0.5, 0.6) is 0 Å². The lowest BCUT2D eigenvalue weighted by atomic mass is 10.0. The largest absolute Gasteiger partial charge is 0.466 e. The van der Waals surface area contributed by atoms with Gasteiger partial charge in [0, 0.05) is 12.8 Å². The lowest BCUT2D eigenvalue weighted by Crippen LogP contribution is -2.45. The summed E-state index contributed by atoms with van der Waals surface area (Å²) in [5.74, 6) is -0.0131. The molecule has 2 unspecified atom stereocenters. The number of hydrogen-bond acceptors (Lipinski definition) is 5. The Morgan fingerprint density at radius 1 is 0.380 bits per heavy atom. The Labute approximate surface area is 444 Å². The van der Waals surface area contributed by atoms with Gasteiger partial charge in [0.25, 0.3) is 0 Å². The van der Waals surface area contributed by atoms with E-state index in [4.69, 9.17) is 4.74 Å². The summed E-state index contributed by atoms with van der Waals surface area (Å²) >= 11 is 0. The molecule has 0 heterocycles. The second-order valence-corrected chi connectivity index (χ2v) is 22.5. The Morgan fingerprint density at radius 2 is 0.662 bits per heavy atom. The molecular formula is C65H127NO5. The lowest BCUT2D eigenvalue weighted by molar-refractivity contribution is -0.143. The van der Waals surface area contributed by atoms with Crippen LogP contribution in [0.25, 0.3) is 0 Å². The molecule has 0 saturated carbocycles. The van der Waals surface area contributed by atoms with Gasteiger partial charge in [0.2, 0.25) is 5.91 Å². The highest BCUT2D eigenvalue weighted by Crippen LogP contribution is 2.18. The van der Waals surface area contributed by atoms with Crippen LogP contribution in [0.1, 0.15) is 367 Å². The Bertz CT molecular complexity index is 1060. The first kappa shape index (κ1) is 69.6. The highest BCUT2D eigenvalue weighted by molar-refractivity contribution is 5.76. The molecule has 0 bridgehead atoms. The first-order valence-electron chi connectivity index (χ1n) is 32.4. The minimum Gasteiger partial charge on any atom is -0.466 e. The fraction of sp³-hybridized carbons (Fsp3) is 0.938. The fourth-order valence-corrected chi connectivity index (χ4v) is 10.3. The van der Waals surface area contributed by atoms with Gasteiger partial charge in [-0.25, -0.2) is 0 Å². The third-order valence-electron chi connectivity index (χ3n) is 15.3. The smallest absolute Gasteiger partial charge is 0.305 e. The average Bonchev–Trinajstić information content (AvgIpc) is 3.37. The molecule has 0 rings (SSSR count). The monoisotopic (exact) mass is 1000 g/mol. The Hall–Kier alpha value is -1.40. The topological polar surface area (TPSA) is 95.9 Å². The second-order valence-electron chi connectivity index (χ2n) is 22.5. The van der Waals surface area contributed by atoms with Crippen molar-refractivity contribution in [1.82, 2.24) is 5.32 Å². The number of carbonyl (C=O) groups is 2. The maximum atomic E-state index is 12.4. The normalized spacial score (nSPS) is 12.6. The van der Waals surface area contributed by atoms with Crippen molar-refractivity contribution in [2.24, 2.45) is 0 Å². The van der Waals surface area contributed by atoms with E-state index in [-0.39, 0.29) is 18.5 Å². The molecule has 422 valence electrons. The summed E-state index contributed by atoms with van der Waals surface area (Å²) in [6.07, 6.45) is 74.0. The molecule has 0 fully saturated rings. The molecule has 6 heteroatoms. The van der Waals surface area contributed by atoms with Gasteiger partial charge in [-0.1, -0.05) is 315 Å². The number of hydrogen-bond donors (Lipinski definition) is 3. The predicted octanol–water partition coefficient (Wildman–Crippen LogP) is 20.4. The maximum Gasteiger partial charge on any atom is 0.305 e. The summed E-state index contributed by atoms with van der Waals surface area (Å²) in [6.45, 7) is 4.96. The summed E-state index contributed by atoms with van der Waals surface area (Å²) in [4.78, 5) is 24.5. The second kappa shape index (κ2) is 61.1. The van der Waals surface area contributed by atoms with E-state index in [9.17, 15) is 19.8 Å². The molecule has 0 saturated heterocycles. The van der Waals surface area contributed by atoms with Gasteiger partial charge in [-0.3, -0.25) is 9.59 Å². The van der Waals surface area contributed by atoms with Gasteiger partial charge >= 0.3 is 5.97 Å². The van der Waals surface area contributed by atoms with Gasteiger partial charge in [0.15, 0.2) is 0 Å². The number of ether oxygens (including phenoxy) is 1. The van der Waals surface area contributed by atoms with E-state index in [0.717, 1.165) is 38.5 Å². The van der Waals surface area contributed by atoms with E-state index in [1.165, 1.54) is 295 Å². The van der Waals surface area contributed by atoms with Crippen LogP contribution in [-0.4, -0.2) is 47.4 Å². The molecular weight excluding hydrogens is 875 g/mol. The summed E-state index contributed by atoms with van der Waals surface area (Å²) in [7, 11) is 0. The quantitative estimate of drug-likeness (QED) is 0.0320. The van der Waals surface area contributed by atoms with Gasteiger partial charge in [-0.15, -0.1) is 0 Å². The number of esters is 1. The number of carbonyl (C=O) groups excluding carboxylic acids is 2. The zero-order valence-corrected chi connectivity index (χ0v) is 48.2. The summed E-state index contributed by atoms with van der Waals surface area (Å²) < 4.78 is 5.48. The first-order chi connectivity index (χ1) is 35.0. The first-order valence-corrected chi connectivity index (χ1v) is 32.4. The summed E-state index contributed by atoms with van der Waals surface area (Å²) in [5, 5.41) is 23.2. The van der Waals surface area contributed by atoms with Crippen molar-refractivity contribution in [2.45, 2.75) is 379 Å². The van der Waals surface area contributed by atoms with E-state index in [1.807, 2.05) is 0 Å². The zero-order valence-electron chi connectivity index (χ0n) is 48.2. The Balaban J connectivity index is 3.32. The van der Waals surface area contributed by atoms with Crippen molar-refractivity contribution in [3.05, 3.63) is 12.2 Å². The molecule has 0 aliphatic heterocycles. The van der Waals surface area contributed by atoms with Gasteiger partial charge in [0.1, 0.15) is 0 Å². The number of nitrogens with one attached hydrogen (secondary N) is 1. The van der Waals surface area contributed by atoms with Crippen LogP contribution in [0, 0.1) is 0 Å². The molecule has 0 radical (unpaired) electrons. The number of aliphatic hydroxyl groups is 2. The third kappa shape index (κ3) is 57.7. The summed E-state index contributed by atoms with van der Waals surface area (Å²) in [5.41, 5.74) is 0. The summed E-state index contributed by atoms with van der Waals surface area (Å²) in [6, 6.07) is -0.537. The van der Waals surface area contributed by atoms with Crippen LogP contribution in [0.3, 0.4) is 0 Å². The van der Waals surface area contributed by atoms with Crippen LogP contribution in [-0.2, 0) is 14.3 Å². The van der Waals surface area contributed by atoms with E-state index >= 15 is 0 Å². The number of rotatable bonds is 61. The minimum absolute atomic E-state index is 0.0197. The number of allylic oxidation sites excluding steroid dienone is 2. The van der Waals surface area contributed by atoms with Crippen molar-refractivity contribution in [3.8, 4) is 0 Å². The lowest BCUT2D eigenvalue weighted by Gasteiger charge is -2.22. The molecule has 0 aliphatic carbocycles. The fourth-order valence-electron chi connectivity index (χ4n) is 10.3. The van der Waals surface area contributed by atoms with Crippen molar-refractivity contribution in [1.29, 1.82) is 0 Å². The van der Waals surface area contributed by atoms with Crippen LogP contribution >= 0.6 is 0 Å². The van der Waals surface area contributed by atoms with Gasteiger partial charge in [0.05, 0.1) is 25.4 Å². The van der Waals surface area contributed by atoms with Crippen LogP contribution in [0.15, 0.2) is 12.2 Å². The van der Waals surface area contributed by atoms with E-state index in [0.29, 0.717) is 25.9 Å². The SMILES string of the molecule is CCCCCCCCCCCCCCCC(=O)OCCCCCCCCCCCCCC/C=C\CCCCCCCCCCCCCCCCCC(=O)NC(CO)C(O)CCCCCCCCCCCC. The molecule has 71 heavy (non-hydrogen) atoms. The number of unbranched alkanes of at least 4 members (excludes halogenated alkanes) is 48. The van der Waals surface area contributed by atoms with E-state index in [1.54, 1.807) is 0 Å². The maximum absolute atomic E-state index is 12.4. The van der Waals surface area contributed by atoms with Crippen molar-refractivity contribution in [3.63, 3.8) is 0 Å². The Morgan fingerprint density at radius 3 is 1.00 bits per heavy atom. The van der Waals surface area contributed by atoms with Crippen molar-refractivity contribution < 1.29 is 24.5 Å². The molecule has 6 nitrogen and oxygen atoms in total. The van der Waals surface area contributed by atoms with E-state index in [2.05, 4.69) is 31.3 Å². The number of aliphatic hydroxyl groups excluding tert-OH is 2. The van der Waals surface area contributed by atoms with Crippen LogP contribution in [0.4, 0.5) is 0 Å². The number of amides is 1. The van der Waals surface area contributed by atoms with Gasteiger partial charge in [-0.05, 0) is 51.4 Å². The van der Waals surface area contributed by atoms with Crippen molar-refractivity contribution >= 4 is 11.9 Å². The van der Waals surface area contributed by atoms with Crippen LogP contribution in [0.2, 0.25) is 0 Å². The standard InChI is InChI=1S/C65H127NO5/c1-3-5-7-9-11-13-15-35-39-43-47-51-55-59-65(70)71-60-56-52-48-44-40-37-34-32-30-28-26-24-22-20-18-16-17-19-21-23-25-27-29-31-33-36-38-42-46-50-54-58-64(69)66-62(61-67)63(68)57-53-49-45-41-14-12-10-8-6-4-2/h18,20,62-63,67-68H,3-17,19,21-61H2,1-2H3,(H,66,69)/b20-18-.